The number of benzene rings is 1. The summed E-state index contributed by atoms with van der Waals surface area (Å²) >= 11 is 5.67. The second-order valence-corrected chi connectivity index (χ2v) is 2.50. The van der Waals surface area contributed by atoms with Crippen molar-refractivity contribution in [3.8, 4) is 0 Å². The molecule has 0 heterocycles. The van der Waals surface area contributed by atoms with E-state index in [0.29, 0.717) is 6.61 Å². The zero-order valence-corrected chi connectivity index (χ0v) is 6.56. The zero-order valence-electron chi connectivity index (χ0n) is 5.80. The van der Waals surface area contributed by atoms with E-state index in [4.69, 9.17) is 16.3 Å². The third-order valence-electron chi connectivity index (χ3n) is 1.22. The predicted molar refractivity (Wildman–Crippen MR) is 44.8 cm³/mol. The fourth-order valence-corrected chi connectivity index (χ4v) is 0.873. The van der Waals surface area contributed by atoms with Gasteiger partial charge < -0.3 is 4.65 Å². The van der Waals surface area contributed by atoms with Crippen LogP contribution in [0.15, 0.2) is 24.3 Å². The van der Waals surface area contributed by atoms with Gasteiger partial charge in [0, 0.05) is 5.02 Å². The van der Waals surface area contributed by atoms with E-state index in [1.165, 1.54) is 0 Å². The fourth-order valence-electron chi connectivity index (χ4n) is 0.747. The van der Waals surface area contributed by atoms with E-state index in [9.17, 15) is 0 Å². The number of hydrogen-bond acceptors (Lipinski definition) is 1. The first-order valence-corrected chi connectivity index (χ1v) is 3.44. The van der Waals surface area contributed by atoms with Crippen LogP contribution in [-0.4, -0.2) is 8.05 Å². The van der Waals surface area contributed by atoms with Crippen molar-refractivity contribution in [2.75, 3.05) is 0 Å². The SMILES string of the molecule is BOCc1ccc(Cl)cc1. The molecule has 0 bridgehead atoms. The monoisotopic (exact) mass is 154 g/mol. The van der Waals surface area contributed by atoms with E-state index in [1.807, 2.05) is 24.3 Å². The van der Waals surface area contributed by atoms with Crippen molar-refractivity contribution < 1.29 is 4.65 Å². The first-order chi connectivity index (χ1) is 4.83. The van der Waals surface area contributed by atoms with E-state index < -0.39 is 0 Å². The smallest absolute Gasteiger partial charge is 0.257 e. The molecule has 0 radical (unpaired) electrons. The van der Waals surface area contributed by atoms with Crippen LogP contribution >= 0.6 is 11.6 Å². The maximum absolute atomic E-state index is 5.67. The normalized spacial score (nSPS) is 9.70. The van der Waals surface area contributed by atoms with Crippen LogP contribution in [0.25, 0.3) is 0 Å². The molecule has 0 N–H and O–H groups in total. The Hall–Kier alpha value is -0.465. The summed E-state index contributed by atoms with van der Waals surface area (Å²) < 4.78 is 4.92. The van der Waals surface area contributed by atoms with Crippen LogP contribution < -0.4 is 0 Å². The molecule has 1 nitrogen and oxygen atoms in total. The predicted octanol–water partition coefficient (Wildman–Crippen LogP) is 1.40. The van der Waals surface area contributed by atoms with Crippen LogP contribution in [0.1, 0.15) is 5.56 Å². The van der Waals surface area contributed by atoms with Gasteiger partial charge in [-0.05, 0) is 17.7 Å². The highest BCUT2D eigenvalue weighted by atomic mass is 35.5. The van der Waals surface area contributed by atoms with E-state index in [2.05, 4.69) is 0 Å². The third kappa shape index (κ3) is 2.05. The molecule has 0 unspecified atom stereocenters. The standard InChI is InChI=1S/C7H8BClO/c8-10-5-6-1-3-7(9)4-2-6/h1-4H,5,8H2. The molecule has 1 aromatic rings. The van der Waals surface area contributed by atoms with E-state index in [1.54, 1.807) is 8.05 Å². The van der Waals surface area contributed by atoms with Crippen molar-refractivity contribution in [1.82, 2.24) is 0 Å². The first-order valence-electron chi connectivity index (χ1n) is 3.06. The van der Waals surface area contributed by atoms with Gasteiger partial charge in [0.2, 0.25) is 0 Å². The summed E-state index contributed by atoms with van der Waals surface area (Å²) in [5, 5.41) is 0.764. The van der Waals surface area contributed by atoms with Crippen LogP contribution in [0, 0.1) is 0 Å². The van der Waals surface area contributed by atoms with Crippen molar-refractivity contribution in [2.24, 2.45) is 0 Å². The van der Waals surface area contributed by atoms with Gasteiger partial charge in [-0.25, -0.2) is 0 Å². The highest BCUT2D eigenvalue weighted by Gasteiger charge is 1.89. The molecule has 0 amide bonds. The summed E-state index contributed by atoms with van der Waals surface area (Å²) in [5.41, 5.74) is 1.15. The number of hydrogen-bond donors (Lipinski definition) is 0. The van der Waals surface area contributed by atoms with Crippen LogP contribution in [0.4, 0.5) is 0 Å². The molecule has 1 rings (SSSR count). The lowest BCUT2D eigenvalue weighted by Crippen LogP contribution is -1.86. The largest absolute Gasteiger partial charge is 0.440 e. The van der Waals surface area contributed by atoms with Crippen molar-refractivity contribution in [3.05, 3.63) is 34.9 Å². The van der Waals surface area contributed by atoms with Gasteiger partial charge in [-0.1, -0.05) is 23.7 Å². The topological polar surface area (TPSA) is 9.23 Å². The zero-order chi connectivity index (χ0) is 7.40. The minimum atomic E-state index is 0.650. The molecular weight excluding hydrogens is 146 g/mol. The second kappa shape index (κ2) is 3.64. The van der Waals surface area contributed by atoms with Crippen LogP contribution in [0.2, 0.25) is 5.02 Å². The summed E-state index contributed by atoms with van der Waals surface area (Å²) in [6.07, 6.45) is 0. The highest BCUT2D eigenvalue weighted by molar-refractivity contribution is 6.30. The van der Waals surface area contributed by atoms with Gasteiger partial charge in [-0.2, -0.15) is 0 Å². The molecule has 0 spiro atoms. The highest BCUT2D eigenvalue weighted by Crippen LogP contribution is 2.09. The van der Waals surface area contributed by atoms with Crippen LogP contribution in [-0.2, 0) is 11.3 Å². The molecule has 0 aliphatic heterocycles. The Balaban J connectivity index is 2.69. The molecule has 1 aromatic carbocycles. The third-order valence-corrected chi connectivity index (χ3v) is 1.48. The van der Waals surface area contributed by atoms with Crippen molar-refractivity contribution in [1.29, 1.82) is 0 Å². The summed E-state index contributed by atoms with van der Waals surface area (Å²) in [7, 11) is 1.68. The van der Waals surface area contributed by atoms with E-state index in [-0.39, 0.29) is 0 Å². The molecule has 0 fully saturated rings. The Labute approximate surface area is 66.4 Å². The van der Waals surface area contributed by atoms with Gasteiger partial charge in [0.15, 0.2) is 0 Å². The molecular formula is C7H8BClO. The molecule has 52 valence electrons. The van der Waals surface area contributed by atoms with Gasteiger partial charge in [0.1, 0.15) is 0 Å². The molecule has 0 aliphatic rings. The number of halogens is 1. The minimum Gasteiger partial charge on any atom is -0.440 e. The summed E-state index contributed by atoms with van der Waals surface area (Å²) in [6.45, 7) is 0.650. The quantitative estimate of drug-likeness (QED) is 0.585. The van der Waals surface area contributed by atoms with Crippen LogP contribution in [0.3, 0.4) is 0 Å². The lowest BCUT2D eigenvalue weighted by Gasteiger charge is -1.97. The summed E-state index contributed by atoms with van der Waals surface area (Å²) in [6, 6.07) is 7.61. The fraction of sp³-hybridized carbons (Fsp3) is 0.143. The Morgan fingerprint density at radius 3 is 2.40 bits per heavy atom. The number of rotatable bonds is 2. The van der Waals surface area contributed by atoms with Gasteiger partial charge in [-0.3, -0.25) is 0 Å². The van der Waals surface area contributed by atoms with Gasteiger partial charge in [0.05, 0.1) is 6.61 Å². The van der Waals surface area contributed by atoms with Gasteiger partial charge >= 0.3 is 0 Å². The van der Waals surface area contributed by atoms with E-state index >= 15 is 0 Å². The Morgan fingerprint density at radius 1 is 1.30 bits per heavy atom. The minimum absolute atomic E-state index is 0.650. The molecule has 0 saturated carbocycles. The lowest BCUT2D eigenvalue weighted by molar-refractivity contribution is 0.338. The van der Waals surface area contributed by atoms with Gasteiger partial charge in [0.25, 0.3) is 8.05 Å². The second-order valence-electron chi connectivity index (χ2n) is 2.06. The summed E-state index contributed by atoms with van der Waals surface area (Å²) in [5.74, 6) is 0. The first kappa shape index (κ1) is 7.64. The molecule has 10 heavy (non-hydrogen) atoms. The average molecular weight is 154 g/mol. The Bertz CT molecular complexity index is 197. The maximum Gasteiger partial charge on any atom is 0.257 e. The van der Waals surface area contributed by atoms with Crippen molar-refractivity contribution >= 4 is 19.7 Å². The average Bonchev–Trinajstić information content (AvgIpc) is 1.95. The Kier molecular flexibility index (Phi) is 2.78. The molecule has 0 saturated heterocycles. The lowest BCUT2D eigenvalue weighted by atomic mass is 10.2. The van der Waals surface area contributed by atoms with Gasteiger partial charge in [-0.15, -0.1) is 0 Å². The molecule has 0 aromatic heterocycles. The Morgan fingerprint density at radius 2 is 1.90 bits per heavy atom. The molecule has 3 heteroatoms. The van der Waals surface area contributed by atoms with Crippen molar-refractivity contribution in [2.45, 2.75) is 6.61 Å². The summed E-state index contributed by atoms with van der Waals surface area (Å²) in [4.78, 5) is 0. The maximum atomic E-state index is 5.67. The molecule has 0 aliphatic carbocycles. The van der Waals surface area contributed by atoms with Crippen LogP contribution in [0.5, 0.6) is 0 Å². The molecule has 0 atom stereocenters. The van der Waals surface area contributed by atoms with E-state index in [0.717, 1.165) is 10.6 Å². The van der Waals surface area contributed by atoms with Crippen molar-refractivity contribution in [3.63, 3.8) is 0 Å².